The number of phenolic OH excluding ortho intramolecular Hbond substituents is 1. The third-order valence-electron chi connectivity index (χ3n) is 6.21. The van der Waals surface area contributed by atoms with E-state index in [1.54, 1.807) is 11.1 Å². The van der Waals surface area contributed by atoms with Gasteiger partial charge in [-0.05, 0) is 48.7 Å². The Morgan fingerprint density at radius 2 is 1.82 bits per heavy atom. The van der Waals surface area contributed by atoms with Crippen molar-refractivity contribution < 1.29 is 9.90 Å². The number of anilines is 2. The van der Waals surface area contributed by atoms with Gasteiger partial charge >= 0.3 is 0 Å². The number of halogens is 1. The Labute approximate surface area is 198 Å². The molecule has 6 nitrogen and oxygen atoms in total. The molecule has 1 saturated heterocycles. The number of phenols is 1. The molecule has 0 atom stereocenters. The maximum Gasteiger partial charge on any atom is 0.227 e. The largest absolute Gasteiger partial charge is 0.507 e. The number of pyridine rings is 1. The molecule has 0 radical (unpaired) electrons. The molecule has 3 aromatic rings. The smallest absolute Gasteiger partial charge is 0.227 e. The zero-order valence-electron chi connectivity index (χ0n) is 18.5. The normalized spacial score (nSPS) is 16.3. The Bertz CT molecular complexity index is 1260. The van der Waals surface area contributed by atoms with Crippen LogP contribution in [0.4, 0.5) is 11.5 Å². The second-order valence-electron chi connectivity index (χ2n) is 8.46. The number of carbonyl (C=O) groups is 1. The summed E-state index contributed by atoms with van der Waals surface area (Å²) in [6.45, 7) is 5.06. The third-order valence-corrected chi connectivity index (χ3v) is 6.51. The molecular weight excluding hydrogens is 436 g/mol. The van der Waals surface area contributed by atoms with Crippen LogP contribution in [0.1, 0.15) is 19.8 Å². The first-order valence-corrected chi connectivity index (χ1v) is 11.5. The van der Waals surface area contributed by atoms with Crippen LogP contribution in [0.3, 0.4) is 0 Å². The molecule has 0 unspecified atom stereocenters. The lowest BCUT2D eigenvalue weighted by Gasteiger charge is -2.26. The number of rotatable bonds is 4. The topological polar surface area (TPSA) is 69.0 Å². The Morgan fingerprint density at radius 3 is 2.52 bits per heavy atom. The molecule has 0 bridgehead atoms. The summed E-state index contributed by atoms with van der Waals surface area (Å²) in [5.74, 6) is 1.15. The van der Waals surface area contributed by atoms with Crippen molar-refractivity contribution >= 4 is 34.7 Å². The molecule has 0 spiro atoms. The third kappa shape index (κ3) is 4.18. The van der Waals surface area contributed by atoms with Gasteiger partial charge in [0.2, 0.25) is 5.91 Å². The second kappa shape index (κ2) is 8.87. The average Bonchev–Trinajstić information content (AvgIpc) is 3.25. The highest BCUT2D eigenvalue weighted by molar-refractivity contribution is 6.34. The quantitative estimate of drug-likeness (QED) is 0.582. The Balaban J connectivity index is 1.48. The first-order chi connectivity index (χ1) is 16.0. The number of hydrogen-bond donors (Lipinski definition) is 1. The van der Waals surface area contributed by atoms with E-state index in [9.17, 15) is 9.90 Å². The van der Waals surface area contributed by atoms with Crippen molar-refractivity contribution in [2.45, 2.75) is 19.8 Å². The van der Waals surface area contributed by atoms with E-state index in [0.717, 1.165) is 60.0 Å². The second-order valence-corrected chi connectivity index (χ2v) is 8.87. The standard InChI is InChI=1S/C26H25ClN4O2/c1-17-16-30(13-11-28-17)24-15-19(9-10-29-24)21-5-2-4-20(26(21)33)18-7-8-23(22(27)14-18)31-12-3-6-25(31)32/h2,4-5,7-10,14-15,33H,3,6,11-13,16H2,1H3. The summed E-state index contributed by atoms with van der Waals surface area (Å²) in [6.07, 6.45) is 3.17. The van der Waals surface area contributed by atoms with Gasteiger partial charge in [-0.1, -0.05) is 35.9 Å². The summed E-state index contributed by atoms with van der Waals surface area (Å²) in [4.78, 5) is 25.0. The molecule has 2 aliphatic heterocycles. The van der Waals surface area contributed by atoms with Crippen molar-refractivity contribution in [2.75, 3.05) is 36.0 Å². The van der Waals surface area contributed by atoms with Crippen LogP contribution in [0.25, 0.3) is 22.3 Å². The number of para-hydroxylation sites is 1. The van der Waals surface area contributed by atoms with Gasteiger partial charge in [-0.25, -0.2) is 4.98 Å². The van der Waals surface area contributed by atoms with E-state index in [2.05, 4.69) is 14.9 Å². The minimum absolute atomic E-state index is 0.0955. The van der Waals surface area contributed by atoms with E-state index in [4.69, 9.17) is 11.6 Å². The van der Waals surface area contributed by atoms with Crippen LogP contribution in [0.2, 0.25) is 5.02 Å². The Kier molecular flexibility index (Phi) is 5.77. The van der Waals surface area contributed by atoms with Gasteiger partial charge in [0.25, 0.3) is 0 Å². The number of nitrogens with zero attached hydrogens (tertiary/aromatic N) is 4. The van der Waals surface area contributed by atoms with Gasteiger partial charge in [-0.3, -0.25) is 9.79 Å². The van der Waals surface area contributed by atoms with Gasteiger partial charge in [0.15, 0.2) is 0 Å². The molecule has 0 saturated carbocycles. The lowest BCUT2D eigenvalue weighted by Crippen LogP contribution is -2.35. The molecule has 0 aliphatic carbocycles. The van der Waals surface area contributed by atoms with E-state index in [1.807, 2.05) is 55.5 Å². The molecule has 5 rings (SSSR count). The number of aromatic hydroxyl groups is 1. The van der Waals surface area contributed by atoms with Crippen LogP contribution in [0.5, 0.6) is 5.75 Å². The summed E-state index contributed by atoms with van der Waals surface area (Å²) in [5.41, 5.74) is 4.92. The fraction of sp³-hybridized carbons (Fsp3) is 0.269. The zero-order chi connectivity index (χ0) is 22.9. The van der Waals surface area contributed by atoms with E-state index < -0.39 is 0 Å². The van der Waals surface area contributed by atoms with Gasteiger partial charge in [-0.15, -0.1) is 0 Å². The zero-order valence-corrected chi connectivity index (χ0v) is 19.2. The number of aromatic nitrogens is 1. The number of benzene rings is 2. The van der Waals surface area contributed by atoms with Crippen molar-refractivity contribution in [1.82, 2.24) is 4.98 Å². The number of aliphatic imine (C=N–C) groups is 1. The first kappa shape index (κ1) is 21.5. The number of hydrogen-bond acceptors (Lipinski definition) is 5. The molecule has 3 heterocycles. The highest BCUT2D eigenvalue weighted by Gasteiger charge is 2.24. The molecule has 168 valence electrons. The highest BCUT2D eigenvalue weighted by atomic mass is 35.5. The molecular formula is C26H25ClN4O2. The Morgan fingerprint density at radius 1 is 1.03 bits per heavy atom. The maximum atomic E-state index is 12.1. The van der Waals surface area contributed by atoms with Crippen LogP contribution in [-0.2, 0) is 4.79 Å². The molecule has 2 aromatic carbocycles. The summed E-state index contributed by atoms with van der Waals surface area (Å²) in [7, 11) is 0. The molecule has 2 aliphatic rings. The van der Waals surface area contributed by atoms with Crippen LogP contribution >= 0.6 is 11.6 Å². The number of amides is 1. The van der Waals surface area contributed by atoms with Crippen molar-refractivity contribution in [1.29, 1.82) is 0 Å². The predicted molar refractivity (Wildman–Crippen MR) is 134 cm³/mol. The summed E-state index contributed by atoms with van der Waals surface area (Å²) in [6, 6.07) is 15.2. The molecule has 1 fully saturated rings. The van der Waals surface area contributed by atoms with Gasteiger partial charge in [0.1, 0.15) is 11.6 Å². The lowest BCUT2D eigenvalue weighted by atomic mass is 9.97. The molecule has 1 amide bonds. The molecule has 1 N–H and O–H groups in total. The van der Waals surface area contributed by atoms with Gasteiger partial charge < -0.3 is 14.9 Å². The van der Waals surface area contributed by atoms with Crippen molar-refractivity contribution in [3.8, 4) is 28.0 Å². The Hall–Kier alpha value is -3.38. The first-order valence-electron chi connectivity index (χ1n) is 11.1. The lowest BCUT2D eigenvalue weighted by molar-refractivity contribution is -0.117. The van der Waals surface area contributed by atoms with E-state index in [0.29, 0.717) is 23.6 Å². The fourth-order valence-electron chi connectivity index (χ4n) is 4.53. The van der Waals surface area contributed by atoms with E-state index >= 15 is 0 Å². The SMILES string of the molecule is CC1=NCCN(c2cc(-c3cccc(-c4ccc(N5CCCC5=O)c(Cl)c4)c3O)ccn2)C1. The van der Waals surface area contributed by atoms with Crippen LogP contribution in [-0.4, -0.2) is 47.9 Å². The minimum atomic E-state index is 0.0955. The monoisotopic (exact) mass is 460 g/mol. The maximum absolute atomic E-state index is 12.1. The molecule has 33 heavy (non-hydrogen) atoms. The van der Waals surface area contributed by atoms with Gasteiger partial charge in [-0.2, -0.15) is 0 Å². The van der Waals surface area contributed by atoms with Gasteiger partial charge in [0, 0.05) is 42.5 Å². The fourth-order valence-corrected chi connectivity index (χ4v) is 4.81. The molecule has 1 aromatic heterocycles. The van der Waals surface area contributed by atoms with Crippen molar-refractivity contribution in [3.63, 3.8) is 0 Å². The number of carbonyl (C=O) groups excluding carboxylic acids is 1. The van der Waals surface area contributed by atoms with E-state index in [-0.39, 0.29) is 11.7 Å². The van der Waals surface area contributed by atoms with Crippen molar-refractivity contribution in [2.24, 2.45) is 4.99 Å². The van der Waals surface area contributed by atoms with Crippen molar-refractivity contribution in [3.05, 3.63) is 59.8 Å². The van der Waals surface area contributed by atoms with Crippen LogP contribution < -0.4 is 9.80 Å². The van der Waals surface area contributed by atoms with Crippen LogP contribution in [0.15, 0.2) is 59.7 Å². The van der Waals surface area contributed by atoms with E-state index in [1.165, 1.54) is 0 Å². The summed E-state index contributed by atoms with van der Waals surface area (Å²) < 4.78 is 0. The summed E-state index contributed by atoms with van der Waals surface area (Å²) >= 11 is 6.55. The highest BCUT2D eigenvalue weighted by Crippen LogP contribution is 2.41. The van der Waals surface area contributed by atoms with Crippen LogP contribution in [0, 0.1) is 0 Å². The van der Waals surface area contributed by atoms with Gasteiger partial charge in [0.05, 0.1) is 23.8 Å². The predicted octanol–water partition coefficient (Wildman–Crippen LogP) is 5.18. The summed E-state index contributed by atoms with van der Waals surface area (Å²) in [5, 5.41) is 11.7. The minimum Gasteiger partial charge on any atom is -0.507 e. The molecule has 7 heteroatoms. The average molecular weight is 461 g/mol.